The molecule has 0 amide bonds. The van der Waals surface area contributed by atoms with E-state index in [-0.39, 0.29) is 0 Å². The zero-order valence-corrected chi connectivity index (χ0v) is 11.3. The molecule has 88 valence electrons. The highest BCUT2D eigenvalue weighted by Gasteiger charge is 2.14. The minimum Gasteiger partial charge on any atom is -0.354 e. The van der Waals surface area contributed by atoms with Gasteiger partial charge >= 0.3 is 0 Å². The van der Waals surface area contributed by atoms with Gasteiger partial charge in [-0.1, -0.05) is 13.8 Å². The lowest BCUT2D eigenvalue weighted by Crippen LogP contribution is -2.44. The Morgan fingerprint density at radius 3 is 2.62 bits per heavy atom. The first-order chi connectivity index (χ1) is 7.66. The summed E-state index contributed by atoms with van der Waals surface area (Å²) in [5.74, 6) is 2.30. The molecule has 2 heterocycles. The third-order valence-corrected chi connectivity index (χ3v) is 3.06. The molecule has 1 aliphatic heterocycles. The fourth-order valence-electron chi connectivity index (χ4n) is 1.74. The second kappa shape index (κ2) is 5.10. The van der Waals surface area contributed by atoms with Gasteiger partial charge in [-0.05, 0) is 15.9 Å². The first-order valence-corrected chi connectivity index (χ1v) is 6.46. The Bertz CT molecular complexity index is 361. The number of hydrogen-bond donors (Lipinski definition) is 1. The van der Waals surface area contributed by atoms with Gasteiger partial charge in [-0.15, -0.1) is 0 Å². The highest BCUT2D eigenvalue weighted by atomic mass is 79.9. The Labute approximate surface area is 105 Å². The number of hydrogen-bond acceptors (Lipinski definition) is 4. The normalized spacial score (nSPS) is 16.9. The van der Waals surface area contributed by atoms with Crippen molar-refractivity contribution in [2.75, 3.05) is 31.1 Å². The van der Waals surface area contributed by atoms with Crippen LogP contribution in [0.5, 0.6) is 0 Å². The second-order valence-corrected chi connectivity index (χ2v) is 5.11. The van der Waals surface area contributed by atoms with Crippen molar-refractivity contribution in [3.05, 3.63) is 16.5 Å². The van der Waals surface area contributed by atoms with Gasteiger partial charge < -0.3 is 10.2 Å². The zero-order valence-electron chi connectivity index (χ0n) is 9.70. The third kappa shape index (κ3) is 2.71. The number of nitrogens with zero attached hydrogens (tertiary/aromatic N) is 3. The minimum atomic E-state index is 0.360. The Hall–Kier alpha value is -0.680. The van der Waals surface area contributed by atoms with E-state index in [2.05, 4.69) is 50.0 Å². The van der Waals surface area contributed by atoms with Crippen LogP contribution >= 0.6 is 15.9 Å². The van der Waals surface area contributed by atoms with Crippen LogP contribution in [0.3, 0.4) is 0 Å². The van der Waals surface area contributed by atoms with Crippen LogP contribution in [0.15, 0.2) is 10.7 Å². The maximum absolute atomic E-state index is 4.61. The molecule has 1 N–H and O–H groups in total. The molecule has 1 saturated heterocycles. The molecule has 2 rings (SSSR count). The lowest BCUT2D eigenvalue weighted by Gasteiger charge is -2.28. The van der Waals surface area contributed by atoms with Crippen LogP contribution in [0.1, 0.15) is 25.6 Å². The predicted octanol–water partition coefficient (Wildman–Crippen LogP) is 1.77. The monoisotopic (exact) mass is 284 g/mol. The van der Waals surface area contributed by atoms with Crippen LogP contribution in [-0.2, 0) is 0 Å². The number of halogens is 1. The predicted molar refractivity (Wildman–Crippen MR) is 68.9 cm³/mol. The standard InChI is InChI=1S/C11H17BrN4/c1-8(2)11-14-9(12)7-10(15-11)16-5-3-13-4-6-16/h7-8,13H,3-6H2,1-2H3. The van der Waals surface area contributed by atoms with Crippen LogP contribution in [-0.4, -0.2) is 36.1 Å². The summed E-state index contributed by atoms with van der Waals surface area (Å²) in [7, 11) is 0. The molecule has 0 saturated carbocycles. The van der Waals surface area contributed by atoms with E-state index in [1.165, 1.54) is 0 Å². The molecule has 16 heavy (non-hydrogen) atoms. The van der Waals surface area contributed by atoms with Gasteiger partial charge in [0.1, 0.15) is 16.2 Å². The van der Waals surface area contributed by atoms with Crippen LogP contribution in [0.25, 0.3) is 0 Å². The lowest BCUT2D eigenvalue weighted by molar-refractivity contribution is 0.582. The zero-order chi connectivity index (χ0) is 11.5. The van der Waals surface area contributed by atoms with Crippen molar-refractivity contribution >= 4 is 21.7 Å². The summed E-state index contributed by atoms with van der Waals surface area (Å²) in [6.45, 7) is 8.31. The summed E-state index contributed by atoms with van der Waals surface area (Å²) < 4.78 is 0.875. The number of aromatic nitrogens is 2. The van der Waals surface area contributed by atoms with E-state index < -0.39 is 0 Å². The summed E-state index contributed by atoms with van der Waals surface area (Å²) in [5.41, 5.74) is 0. The molecule has 1 aromatic rings. The number of anilines is 1. The van der Waals surface area contributed by atoms with Crippen molar-refractivity contribution in [1.29, 1.82) is 0 Å². The summed E-state index contributed by atoms with van der Waals surface area (Å²) in [6.07, 6.45) is 0. The Kier molecular flexibility index (Phi) is 3.76. The van der Waals surface area contributed by atoms with Gasteiger partial charge in [-0.25, -0.2) is 9.97 Å². The van der Waals surface area contributed by atoms with Crippen LogP contribution < -0.4 is 10.2 Å². The summed E-state index contributed by atoms with van der Waals surface area (Å²) in [5, 5.41) is 3.34. The van der Waals surface area contributed by atoms with Gasteiger partial charge in [0.15, 0.2) is 0 Å². The van der Waals surface area contributed by atoms with Gasteiger partial charge in [-0.2, -0.15) is 0 Å². The minimum absolute atomic E-state index is 0.360. The molecule has 1 aliphatic rings. The second-order valence-electron chi connectivity index (χ2n) is 4.30. The quantitative estimate of drug-likeness (QED) is 0.841. The van der Waals surface area contributed by atoms with Gasteiger partial charge in [0.2, 0.25) is 0 Å². The molecule has 4 nitrogen and oxygen atoms in total. The van der Waals surface area contributed by atoms with Gasteiger partial charge in [0.25, 0.3) is 0 Å². The molecule has 0 bridgehead atoms. The summed E-state index contributed by atoms with van der Waals surface area (Å²) in [6, 6.07) is 2.00. The van der Waals surface area contributed by atoms with E-state index in [0.29, 0.717) is 5.92 Å². The average Bonchev–Trinajstić information content (AvgIpc) is 2.29. The first-order valence-electron chi connectivity index (χ1n) is 5.67. The molecule has 0 unspecified atom stereocenters. The summed E-state index contributed by atoms with van der Waals surface area (Å²) in [4.78, 5) is 11.3. The molecule has 0 aliphatic carbocycles. The Balaban J connectivity index is 2.25. The van der Waals surface area contributed by atoms with E-state index in [1.807, 2.05) is 6.07 Å². The van der Waals surface area contributed by atoms with Crippen LogP contribution in [0.4, 0.5) is 5.82 Å². The largest absolute Gasteiger partial charge is 0.354 e. The van der Waals surface area contributed by atoms with E-state index in [1.54, 1.807) is 0 Å². The van der Waals surface area contributed by atoms with E-state index in [9.17, 15) is 0 Å². The first kappa shape index (κ1) is 11.8. The van der Waals surface area contributed by atoms with E-state index >= 15 is 0 Å². The third-order valence-electron chi connectivity index (χ3n) is 2.66. The Morgan fingerprint density at radius 2 is 2.00 bits per heavy atom. The Morgan fingerprint density at radius 1 is 1.31 bits per heavy atom. The van der Waals surface area contributed by atoms with Crippen molar-refractivity contribution in [3.63, 3.8) is 0 Å². The highest BCUT2D eigenvalue weighted by Crippen LogP contribution is 2.20. The number of rotatable bonds is 2. The van der Waals surface area contributed by atoms with Gasteiger partial charge in [-0.3, -0.25) is 0 Å². The molecule has 1 aromatic heterocycles. The average molecular weight is 285 g/mol. The van der Waals surface area contributed by atoms with Crippen molar-refractivity contribution < 1.29 is 0 Å². The summed E-state index contributed by atoms with van der Waals surface area (Å²) >= 11 is 3.45. The SMILES string of the molecule is CC(C)c1nc(Br)cc(N2CCNCC2)n1. The smallest absolute Gasteiger partial charge is 0.134 e. The molecular weight excluding hydrogens is 268 g/mol. The molecule has 0 radical (unpaired) electrons. The topological polar surface area (TPSA) is 41.1 Å². The van der Waals surface area contributed by atoms with E-state index in [0.717, 1.165) is 42.4 Å². The van der Waals surface area contributed by atoms with Crippen molar-refractivity contribution in [3.8, 4) is 0 Å². The fraction of sp³-hybridized carbons (Fsp3) is 0.636. The molecule has 0 spiro atoms. The maximum atomic E-state index is 4.61. The molecular formula is C11H17BrN4. The molecule has 1 fully saturated rings. The lowest BCUT2D eigenvalue weighted by atomic mass is 10.2. The number of nitrogens with one attached hydrogen (secondary N) is 1. The van der Waals surface area contributed by atoms with Crippen LogP contribution in [0, 0.1) is 0 Å². The van der Waals surface area contributed by atoms with Gasteiger partial charge in [0.05, 0.1) is 0 Å². The fourth-order valence-corrected chi connectivity index (χ4v) is 2.12. The highest BCUT2D eigenvalue weighted by molar-refractivity contribution is 9.10. The molecule has 0 atom stereocenters. The number of piperazine rings is 1. The van der Waals surface area contributed by atoms with Crippen molar-refractivity contribution in [2.24, 2.45) is 0 Å². The van der Waals surface area contributed by atoms with E-state index in [4.69, 9.17) is 0 Å². The maximum Gasteiger partial charge on any atom is 0.134 e. The van der Waals surface area contributed by atoms with Crippen LogP contribution in [0.2, 0.25) is 0 Å². The molecule has 5 heteroatoms. The van der Waals surface area contributed by atoms with Gasteiger partial charge in [0, 0.05) is 38.2 Å². The molecule has 0 aromatic carbocycles. The van der Waals surface area contributed by atoms with Crippen molar-refractivity contribution in [1.82, 2.24) is 15.3 Å². The van der Waals surface area contributed by atoms with Crippen molar-refractivity contribution in [2.45, 2.75) is 19.8 Å².